The molecule has 2 bridgehead atoms. The summed E-state index contributed by atoms with van der Waals surface area (Å²) in [5.41, 5.74) is 8.43. The van der Waals surface area contributed by atoms with E-state index in [4.69, 9.17) is 10.5 Å². The smallest absolute Gasteiger partial charge is 0.226 e. The van der Waals surface area contributed by atoms with Crippen molar-refractivity contribution in [2.45, 2.75) is 62.8 Å². The summed E-state index contributed by atoms with van der Waals surface area (Å²) in [6.45, 7) is 2.14. The summed E-state index contributed by atoms with van der Waals surface area (Å²) in [5, 5.41) is 6.56. The zero-order valence-corrected chi connectivity index (χ0v) is 17.7. The predicted molar refractivity (Wildman–Crippen MR) is 117 cm³/mol. The minimum Gasteiger partial charge on any atom is -0.381 e. The van der Waals surface area contributed by atoms with Gasteiger partial charge in [0, 0.05) is 43.4 Å². The highest BCUT2D eigenvalue weighted by atomic mass is 19.1. The van der Waals surface area contributed by atoms with Crippen LogP contribution in [0.25, 0.3) is 0 Å². The SMILES string of the molecule is NCC(=CF)CNc1ccc(C23CCC(C(=O)NC4CCOCC4)(CC2)CC3)cc1. The number of anilines is 1. The number of nitrogens with one attached hydrogen (secondary N) is 2. The molecular formula is C24H34FN3O2. The highest BCUT2D eigenvalue weighted by Gasteiger charge is 2.53. The van der Waals surface area contributed by atoms with Gasteiger partial charge in [0.05, 0.1) is 6.33 Å². The molecule has 5 rings (SSSR count). The van der Waals surface area contributed by atoms with Crippen molar-refractivity contribution in [3.63, 3.8) is 0 Å². The summed E-state index contributed by atoms with van der Waals surface area (Å²) in [6, 6.07) is 8.82. The number of nitrogens with two attached hydrogens (primary N) is 1. The first-order valence-corrected chi connectivity index (χ1v) is 11.3. The minimum atomic E-state index is -0.168. The van der Waals surface area contributed by atoms with E-state index < -0.39 is 0 Å². The Morgan fingerprint density at radius 2 is 1.73 bits per heavy atom. The third-order valence-corrected chi connectivity index (χ3v) is 7.72. The van der Waals surface area contributed by atoms with Gasteiger partial charge in [-0.3, -0.25) is 4.79 Å². The Hall–Kier alpha value is -1.92. The van der Waals surface area contributed by atoms with Crippen molar-refractivity contribution in [2.75, 3.05) is 31.6 Å². The Morgan fingerprint density at radius 3 is 2.30 bits per heavy atom. The molecule has 3 aliphatic carbocycles. The van der Waals surface area contributed by atoms with Crippen LogP contribution in [0, 0.1) is 5.41 Å². The van der Waals surface area contributed by atoms with Crippen LogP contribution in [0.5, 0.6) is 0 Å². The fourth-order valence-corrected chi connectivity index (χ4v) is 5.45. The number of hydrogen-bond donors (Lipinski definition) is 3. The molecule has 1 amide bonds. The number of fused-ring (bicyclic) bond motifs is 3. The molecular weight excluding hydrogens is 381 g/mol. The third kappa shape index (κ3) is 4.26. The summed E-state index contributed by atoms with van der Waals surface area (Å²) < 4.78 is 18.1. The first kappa shape index (κ1) is 21.3. The number of carbonyl (C=O) groups is 1. The first-order valence-electron chi connectivity index (χ1n) is 11.3. The molecule has 0 spiro atoms. The molecule has 0 radical (unpaired) electrons. The number of halogens is 1. The zero-order valence-electron chi connectivity index (χ0n) is 17.7. The molecule has 5 nitrogen and oxygen atoms in total. The van der Waals surface area contributed by atoms with Gasteiger partial charge in [0.2, 0.25) is 5.91 Å². The molecule has 1 saturated heterocycles. The Bertz CT molecular complexity index is 747. The highest BCUT2D eigenvalue weighted by molar-refractivity contribution is 5.83. The monoisotopic (exact) mass is 415 g/mol. The molecule has 1 aromatic rings. The van der Waals surface area contributed by atoms with Crippen molar-refractivity contribution >= 4 is 11.6 Å². The number of benzene rings is 1. The van der Waals surface area contributed by atoms with Crippen LogP contribution < -0.4 is 16.4 Å². The van der Waals surface area contributed by atoms with Crippen molar-refractivity contribution < 1.29 is 13.9 Å². The van der Waals surface area contributed by atoms with E-state index in [1.807, 2.05) is 0 Å². The van der Waals surface area contributed by atoms with Crippen LogP contribution in [-0.2, 0) is 14.9 Å². The quantitative estimate of drug-likeness (QED) is 0.633. The van der Waals surface area contributed by atoms with E-state index in [1.54, 1.807) is 0 Å². The van der Waals surface area contributed by atoms with Crippen LogP contribution in [0.4, 0.5) is 10.1 Å². The summed E-state index contributed by atoms with van der Waals surface area (Å²) in [7, 11) is 0. The van der Waals surface area contributed by atoms with E-state index >= 15 is 0 Å². The van der Waals surface area contributed by atoms with Crippen LogP contribution in [0.3, 0.4) is 0 Å². The van der Waals surface area contributed by atoms with Crippen molar-refractivity contribution in [2.24, 2.45) is 11.1 Å². The van der Waals surface area contributed by atoms with Crippen molar-refractivity contribution in [3.05, 3.63) is 41.7 Å². The van der Waals surface area contributed by atoms with Crippen LogP contribution in [0.1, 0.15) is 56.9 Å². The van der Waals surface area contributed by atoms with E-state index in [2.05, 4.69) is 34.9 Å². The lowest BCUT2D eigenvalue weighted by atomic mass is 9.51. The average molecular weight is 416 g/mol. The normalized spacial score (nSPS) is 29.6. The molecule has 0 atom stereocenters. The van der Waals surface area contributed by atoms with Gasteiger partial charge in [-0.15, -0.1) is 0 Å². The maximum atomic E-state index is 13.1. The van der Waals surface area contributed by atoms with Crippen molar-refractivity contribution in [3.8, 4) is 0 Å². The molecule has 1 aromatic carbocycles. The molecule has 1 heterocycles. The molecule has 4 aliphatic rings. The van der Waals surface area contributed by atoms with Gasteiger partial charge in [-0.05, 0) is 80.1 Å². The molecule has 3 saturated carbocycles. The molecule has 164 valence electrons. The van der Waals surface area contributed by atoms with Gasteiger partial charge < -0.3 is 21.1 Å². The second-order valence-corrected chi connectivity index (χ2v) is 9.32. The predicted octanol–water partition coefficient (Wildman–Crippen LogP) is 3.80. The summed E-state index contributed by atoms with van der Waals surface area (Å²) in [4.78, 5) is 13.1. The maximum absolute atomic E-state index is 13.1. The van der Waals surface area contributed by atoms with Crippen molar-refractivity contribution in [1.29, 1.82) is 0 Å². The Morgan fingerprint density at radius 1 is 1.10 bits per heavy atom. The van der Waals surface area contributed by atoms with Gasteiger partial charge in [-0.25, -0.2) is 4.39 Å². The lowest BCUT2D eigenvalue weighted by molar-refractivity contribution is -0.139. The Labute approximate surface area is 178 Å². The number of ether oxygens (including phenoxy) is 1. The van der Waals surface area contributed by atoms with E-state index in [0.717, 1.165) is 70.3 Å². The van der Waals surface area contributed by atoms with Gasteiger partial charge in [0.25, 0.3) is 0 Å². The van der Waals surface area contributed by atoms with Gasteiger partial charge in [-0.1, -0.05) is 12.1 Å². The van der Waals surface area contributed by atoms with Crippen LogP contribution in [0.15, 0.2) is 36.2 Å². The van der Waals surface area contributed by atoms with Gasteiger partial charge in [0.15, 0.2) is 0 Å². The fourth-order valence-electron chi connectivity index (χ4n) is 5.45. The summed E-state index contributed by atoms with van der Waals surface area (Å²) in [5.74, 6) is 0.277. The topological polar surface area (TPSA) is 76.4 Å². The molecule has 30 heavy (non-hydrogen) atoms. The number of rotatable bonds is 7. The van der Waals surface area contributed by atoms with Crippen LogP contribution >= 0.6 is 0 Å². The standard InChI is InChI=1S/C24H34FN3O2/c25-15-18(16-26)17-27-20-3-1-19(2-4-20)23-7-10-24(11-8-23,12-9-23)22(29)28-21-5-13-30-14-6-21/h1-4,15,21,27H,5-14,16-17,26H2,(H,28,29). The third-order valence-electron chi connectivity index (χ3n) is 7.72. The number of carbonyl (C=O) groups excluding carboxylic acids is 1. The number of hydrogen-bond acceptors (Lipinski definition) is 4. The van der Waals surface area contributed by atoms with Gasteiger partial charge in [0.1, 0.15) is 0 Å². The van der Waals surface area contributed by atoms with Crippen molar-refractivity contribution in [1.82, 2.24) is 5.32 Å². The van der Waals surface area contributed by atoms with E-state index in [0.29, 0.717) is 18.4 Å². The lowest BCUT2D eigenvalue weighted by Crippen LogP contribution is -2.54. The fraction of sp³-hybridized carbons (Fsp3) is 0.625. The molecule has 4 fully saturated rings. The second kappa shape index (κ2) is 9.06. The van der Waals surface area contributed by atoms with E-state index in [1.165, 1.54) is 5.56 Å². The first-order chi connectivity index (χ1) is 14.6. The highest BCUT2D eigenvalue weighted by Crippen LogP contribution is 2.58. The van der Waals surface area contributed by atoms with Gasteiger partial charge in [-0.2, -0.15) is 0 Å². The Kier molecular flexibility index (Phi) is 6.44. The minimum absolute atomic E-state index is 0.168. The molecule has 6 heteroatoms. The van der Waals surface area contributed by atoms with Crippen LogP contribution in [0.2, 0.25) is 0 Å². The molecule has 0 aromatic heterocycles. The molecule has 1 aliphatic heterocycles. The average Bonchev–Trinajstić information content (AvgIpc) is 2.82. The van der Waals surface area contributed by atoms with E-state index in [-0.39, 0.29) is 29.3 Å². The van der Waals surface area contributed by atoms with Gasteiger partial charge >= 0.3 is 0 Å². The second-order valence-electron chi connectivity index (χ2n) is 9.32. The number of amides is 1. The maximum Gasteiger partial charge on any atom is 0.226 e. The molecule has 0 unspecified atom stereocenters. The Balaban J connectivity index is 1.36. The largest absolute Gasteiger partial charge is 0.381 e. The summed E-state index contributed by atoms with van der Waals surface area (Å²) >= 11 is 0. The summed E-state index contributed by atoms with van der Waals surface area (Å²) in [6.07, 6.45) is 8.58. The zero-order chi connectivity index (χ0) is 21.0. The van der Waals surface area contributed by atoms with E-state index in [9.17, 15) is 9.18 Å². The molecule has 4 N–H and O–H groups in total. The lowest BCUT2D eigenvalue weighted by Gasteiger charge is -2.53. The van der Waals surface area contributed by atoms with Crippen LogP contribution in [-0.4, -0.2) is 38.3 Å².